The van der Waals surface area contributed by atoms with Crippen LogP contribution in [0.25, 0.3) is 0 Å². The molecule has 2 fully saturated rings. The Bertz CT molecular complexity index is 821. The number of carbonyl (C=O) groups is 1. The van der Waals surface area contributed by atoms with E-state index in [4.69, 9.17) is 23.2 Å². The molecule has 0 N–H and O–H groups in total. The topological polar surface area (TPSA) is 23.6 Å². The Balaban J connectivity index is 1.61. The number of hydrogen-bond donors (Lipinski definition) is 0. The van der Waals surface area contributed by atoms with Crippen molar-refractivity contribution in [3.05, 3.63) is 69.7 Å². The number of nitrogens with zero attached hydrogens (tertiary/aromatic N) is 2. The first kappa shape index (κ1) is 19.8. The number of piperidine rings is 1. The van der Waals surface area contributed by atoms with Gasteiger partial charge < -0.3 is 9.80 Å². The Morgan fingerprint density at radius 1 is 0.929 bits per heavy atom. The summed E-state index contributed by atoms with van der Waals surface area (Å²) in [5.41, 5.74) is 2.19. The molecule has 2 aromatic carbocycles. The zero-order chi connectivity index (χ0) is 19.5. The summed E-state index contributed by atoms with van der Waals surface area (Å²) < 4.78 is 0. The molecule has 148 valence electrons. The van der Waals surface area contributed by atoms with E-state index < -0.39 is 0 Å². The summed E-state index contributed by atoms with van der Waals surface area (Å²) in [6.45, 7) is 3.97. The minimum atomic E-state index is -0.145. The predicted octanol–water partition coefficient (Wildman–Crippen LogP) is 5.54. The molecule has 0 bridgehead atoms. The molecule has 1 amide bonds. The molecular formula is C23H26Cl2N2O. The maximum Gasteiger partial charge on any atom is 0.230 e. The fraction of sp³-hybridized carbons (Fsp3) is 0.435. The summed E-state index contributed by atoms with van der Waals surface area (Å²) in [6, 6.07) is 16.2. The predicted molar refractivity (Wildman–Crippen MR) is 115 cm³/mol. The first-order valence-electron chi connectivity index (χ1n) is 10.2. The van der Waals surface area contributed by atoms with E-state index >= 15 is 0 Å². The number of amides is 1. The summed E-state index contributed by atoms with van der Waals surface area (Å²) in [7, 11) is 0. The fourth-order valence-electron chi connectivity index (χ4n) is 4.52. The molecule has 5 heteroatoms. The lowest BCUT2D eigenvalue weighted by Gasteiger charge is -2.40. The van der Waals surface area contributed by atoms with Gasteiger partial charge >= 0.3 is 0 Å². The standard InChI is InChI=1S/C23H26Cl2N2O/c24-20-11-10-18(15-21(20)25)19-9-6-14-27(23(19)28)22(16-26-12-4-5-13-26)17-7-2-1-3-8-17/h1-3,7-8,10-11,15,19,22H,4-6,9,12-14,16H2. The second-order valence-electron chi connectivity index (χ2n) is 7.83. The van der Waals surface area contributed by atoms with E-state index in [9.17, 15) is 4.79 Å². The Labute approximate surface area is 177 Å². The highest BCUT2D eigenvalue weighted by atomic mass is 35.5. The van der Waals surface area contributed by atoms with Crippen LogP contribution in [0.2, 0.25) is 10.0 Å². The van der Waals surface area contributed by atoms with Gasteiger partial charge in [0.25, 0.3) is 0 Å². The third-order valence-corrected chi connectivity index (χ3v) is 6.75. The van der Waals surface area contributed by atoms with Crippen molar-refractivity contribution in [2.75, 3.05) is 26.2 Å². The van der Waals surface area contributed by atoms with Crippen molar-refractivity contribution >= 4 is 29.1 Å². The molecule has 0 aromatic heterocycles. The van der Waals surface area contributed by atoms with Crippen LogP contribution in [0, 0.1) is 0 Å². The monoisotopic (exact) mass is 416 g/mol. The van der Waals surface area contributed by atoms with Crippen molar-refractivity contribution in [3.63, 3.8) is 0 Å². The van der Waals surface area contributed by atoms with Crippen LogP contribution in [0.5, 0.6) is 0 Å². The van der Waals surface area contributed by atoms with Crippen LogP contribution >= 0.6 is 23.2 Å². The minimum Gasteiger partial charge on any atom is -0.334 e. The quantitative estimate of drug-likeness (QED) is 0.638. The molecule has 2 aliphatic heterocycles. The first-order valence-corrected chi connectivity index (χ1v) is 10.9. The first-order chi connectivity index (χ1) is 13.6. The Morgan fingerprint density at radius 3 is 2.39 bits per heavy atom. The van der Waals surface area contributed by atoms with Crippen molar-refractivity contribution in [3.8, 4) is 0 Å². The van der Waals surface area contributed by atoms with E-state index in [0.29, 0.717) is 10.0 Å². The second kappa shape index (κ2) is 8.86. The lowest BCUT2D eigenvalue weighted by atomic mass is 9.88. The minimum absolute atomic E-state index is 0.0948. The fourth-order valence-corrected chi connectivity index (χ4v) is 4.82. The van der Waals surface area contributed by atoms with Gasteiger partial charge in [-0.2, -0.15) is 0 Å². The van der Waals surface area contributed by atoms with Crippen LogP contribution in [0.4, 0.5) is 0 Å². The van der Waals surface area contributed by atoms with Crippen molar-refractivity contribution in [1.82, 2.24) is 9.80 Å². The van der Waals surface area contributed by atoms with Crippen molar-refractivity contribution < 1.29 is 4.79 Å². The summed E-state index contributed by atoms with van der Waals surface area (Å²) in [6.07, 6.45) is 4.36. The highest BCUT2D eigenvalue weighted by molar-refractivity contribution is 6.42. The zero-order valence-corrected chi connectivity index (χ0v) is 17.5. The highest BCUT2D eigenvalue weighted by Gasteiger charge is 2.35. The van der Waals surface area contributed by atoms with Crippen molar-refractivity contribution in [2.24, 2.45) is 0 Å². The second-order valence-corrected chi connectivity index (χ2v) is 8.65. The van der Waals surface area contributed by atoms with Crippen LogP contribution in [0.1, 0.15) is 48.8 Å². The van der Waals surface area contributed by atoms with Crippen LogP contribution in [0.3, 0.4) is 0 Å². The van der Waals surface area contributed by atoms with Crippen LogP contribution in [-0.4, -0.2) is 41.9 Å². The van der Waals surface area contributed by atoms with E-state index in [1.54, 1.807) is 6.07 Å². The van der Waals surface area contributed by atoms with Gasteiger partial charge in [0.2, 0.25) is 5.91 Å². The van der Waals surface area contributed by atoms with Crippen molar-refractivity contribution in [2.45, 2.75) is 37.6 Å². The van der Waals surface area contributed by atoms with Gasteiger partial charge in [-0.1, -0.05) is 59.6 Å². The molecule has 2 unspecified atom stereocenters. The highest BCUT2D eigenvalue weighted by Crippen LogP contribution is 2.36. The maximum absolute atomic E-state index is 13.5. The molecule has 3 nitrogen and oxygen atoms in total. The molecule has 2 aromatic rings. The third-order valence-electron chi connectivity index (χ3n) is 6.01. The van der Waals surface area contributed by atoms with E-state index in [0.717, 1.165) is 44.6 Å². The molecule has 2 heterocycles. The molecule has 0 spiro atoms. The molecule has 2 atom stereocenters. The average Bonchev–Trinajstić information content (AvgIpc) is 3.23. The molecule has 4 rings (SSSR count). The number of hydrogen-bond acceptors (Lipinski definition) is 2. The molecular weight excluding hydrogens is 391 g/mol. The van der Waals surface area contributed by atoms with Crippen LogP contribution in [-0.2, 0) is 4.79 Å². The molecule has 0 radical (unpaired) electrons. The molecule has 2 saturated heterocycles. The van der Waals surface area contributed by atoms with Gasteiger partial charge in [-0.3, -0.25) is 4.79 Å². The zero-order valence-electron chi connectivity index (χ0n) is 16.0. The number of rotatable bonds is 5. The maximum atomic E-state index is 13.5. The van der Waals surface area contributed by atoms with E-state index in [2.05, 4.69) is 34.1 Å². The largest absolute Gasteiger partial charge is 0.334 e. The van der Waals surface area contributed by atoms with Crippen molar-refractivity contribution in [1.29, 1.82) is 0 Å². The summed E-state index contributed by atoms with van der Waals surface area (Å²) >= 11 is 12.3. The van der Waals surface area contributed by atoms with E-state index in [-0.39, 0.29) is 17.9 Å². The summed E-state index contributed by atoms with van der Waals surface area (Å²) in [4.78, 5) is 18.1. The lowest BCUT2D eigenvalue weighted by molar-refractivity contribution is -0.138. The summed E-state index contributed by atoms with van der Waals surface area (Å²) in [5.74, 6) is 0.0611. The van der Waals surface area contributed by atoms with Gasteiger partial charge in [-0.25, -0.2) is 0 Å². The third kappa shape index (κ3) is 4.22. The molecule has 2 aliphatic rings. The van der Waals surface area contributed by atoms with Gasteiger partial charge in [0.15, 0.2) is 0 Å². The lowest BCUT2D eigenvalue weighted by Crippen LogP contribution is -2.46. The van der Waals surface area contributed by atoms with E-state index in [1.807, 2.05) is 18.2 Å². The number of carbonyl (C=O) groups excluding carboxylic acids is 1. The number of benzene rings is 2. The normalized spacial score (nSPS) is 21.9. The van der Waals surface area contributed by atoms with Gasteiger partial charge in [0.05, 0.1) is 22.0 Å². The average molecular weight is 417 g/mol. The molecule has 0 saturated carbocycles. The van der Waals surface area contributed by atoms with Crippen LogP contribution < -0.4 is 0 Å². The Kier molecular flexibility index (Phi) is 6.25. The smallest absolute Gasteiger partial charge is 0.230 e. The van der Waals surface area contributed by atoms with Gasteiger partial charge in [-0.05, 0) is 62.0 Å². The van der Waals surface area contributed by atoms with E-state index in [1.165, 1.54) is 18.4 Å². The van der Waals surface area contributed by atoms with Gasteiger partial charge in [0.1, 0.15) is 0 Å². The molecule has 0 aliphatic carbocycles. The summed E-state index contributed by atoms with van der Waals surface area (Å²) in [5, 5.41) is 1.04. The number of likely N-dealkylation sites (tertiary alicyclic amines) is 2. The Morgan fingerprint density at radius 2 is 1.68 bits per heavy atom. The van der Waals surface area contributed by atoms with Gasteiger partial charge in [-0.15, -0.1) is 0 Å². The molecule has 28 heavy (non-hydrogen) atoms. The Hall–Kier alpha value is -1.55. The van der Waals surface area contributed by atoms with Gasteiger partial charge in [0, 0.05) is 13.1 Å². The SMILES string of the molecule is O=C1C(c2ccc(Cl)c(Cl)c2)CCCN1C(CN1CCCC1)c1ccccc1. The van der Waals surface area contributed by atoms with Crippen LogP contribution in [0.15, 0.2) is 48.5 Å². The number of halogens is 2.